The van der Waals surface area contributed by atoms with Crippen LogP contribution in [0.3, 0.4) is 0 Å². The third-order valence-corrected chi connectivity index (χ3v) is 2.38. The lowest BCUT2D eigenvalue weighted by Gasteiger charge is -2.07. The summed E-state index contributed by atoms with van der Waals surface area (Å²) in [5, 5.41) is 11.3. The van der Waals surface area contributed by atoms with Crippen LogP contribution in [0.25, 0.3) is 0 Å². The Morgan fingerprint density at radius 3 is 2.50 bits per heavy atom. The van der Waals surface area contributed by atoms with Crippen LogP contribution in [-0.2, 0) is 4.79 Å². The number of pyridine rings is 1. The number of hydrogen-bond acceptors (Lipinski definition) is 4. The van der Waals surface area contributed by atoms with Crippen LogP contribution in [0.1, 0.15) is 10.5 Å². The fraction of sp³-hybridized carbons (Fsp3) is 0.0714. The van der Waals surface area contributed by atoms with E-state index in [-0.39, 0.29) is 18.2 Å². The number of para-hydroxylation sites is 1. The zero-order valence-electron chi connectivity index (χ0n) is 10.4. The third-order valence-electron chi connectivity index (χ3n) is 2.38. The second-order valence-corrected chi connectivity index (χ2v) is 3.89. The van der Waals surface area contributed by atoms with E-state index < -0.39 is 5.97 Å². The van der Waals surface area contributed by atoms with Crippen molar-refractivity contribution in [3.8, 4) is 5.75 Å². The fourth-order valence-corrected chi connectivity index (χ4v) is 1.46. The molecule has 0 spiro atoms. The van der Waals surface area contributed by atoms with Gasteiger partial charge in [0.25, 0.3) is 5.91 Å². The Morgan fingerprint density at radius 2 is 1.90 bits per heavy atom. The van der Waals surface area contributed by atoms with E-state index in [0.717, 1.165) is 0 Å². The van der Waals surface area contributed by atoms with E-state index in [9.17, 15) is 9.59 Å². The summed E-state index contributed by atoms with van der Waals surface area (Å²) in [4.78, 5) is 25.9. The normalized spacial score (nSPS) is 9.80. The molecule has 102 valence electrons. The molecule has 0 aliphatic carbocycles. The van der Waals surface area contributed by atoms with Gasteiger partial charge in [0, 0.05) is 0 Å². The number of carbonyl (C=O) groups is 2. The van der Waals surface area contributed by atoms with Crippen molar-refractivity contribution >= 4 is 17.6 Å². The molecule has 0 bridgehead atoms. The summed E-state index contributed by atoms with van der Waals surface area (Å²) in [5.74, 6) is -0.865. The molecule has 1 heterocycles. The van der Waals surface area contributed by atoms with Crippen LogP contribution in [-0.4, -0.2) is 28.6 Å². The van der Waals surface area contributed by atoms with E-state index in [1.807, 2.05) is 18.2 Å². The number of aromatic nitrogens is 1. The first kappa shape index (κ1) is 13.5. The molecule has 20 heavy (non-hydrogen) atoms. The van der Waals surface area contributed by atoms with Crippen LogP contribution >= 0.6 is 0 Å². The summed E-state index contributed by atoms with van der Waals surface area (Å²) < 4.78 is 5.28. The Morgan fingerprint density at radius 1 is 1.15 bits per heavy atom. The van der Waals surface area contributed by atoms with E-state index >= 15 is 0 Å². The van der Waals surface area contributed by atoms with Crippen molar-refractivity contribution in [1.29, 1.82) is 0 Å². The maximum Gasteiger partial charge on any atom is 0.354 e. The molecule has 0 radical (unpaired) electrons. The highest BCUT2D eigenvalue weighted by Crippen LogP contribution is 2.09. The Bertz CT molecular complexity index is 596. The van der Waals surface area contributed by atoms with Crippen LogP contribution in [0.4, 0.5) is 5.69 Å². The number of nitrogens with one attached hydrogen (secondary N) is 1. The van der Waals surface area contributed by atoms with Gasteiger partial charge in [-0.3, -0.25) is 4.79 Å². The second-order valence-electron chi connectivity index (χ2n) is 3.89. The molecule has 0 atom stereocenters. The summed E-state index contributed by atoms with van der Waals surface area (Å²) in [6, 6.07) is 11.7. The highest BCUT2D eigenvalue weighted by atomic mass is 16.5. The van der Waals surface area contributed by atoms with Gasteiger partial charge < -0.3 is 15.2 Å². The van der Waals surface area contributed by atoms with Crippen molar-refractivity contribution < 1.29 is 19.4 Å². The number of ether oxygens (including phenoxy) is 1. The number of carboxylic acids is 1. The van der Waals surface area contributed by atoms with Gasteiger partial charge in [-0.15, -0.1) is 0 Å². The van der Waals surface area contributed by atoms with E-state index in [2.05, 4.69) is 10.3 Å². The number of benzene rings is 1. The Kier molecular flexibility index (Phi) is 4.28. The summed E-state index contributed by atoms with van der Waals surface area (Å²) in [5.41, 5.74) is 0.334. The van der Waals surface area contributed by atoms with E-state index in [1.54, 1.807) is 12.1 Å². The summed E-state index contributed by atoms with van der Waals surface area (Å²) in [6.07, 6.45) is 1.28. The Hall–Kier alpha value is -2.89. The number of hydrogen-bond donors (Lipinski definition) is 2. The number of rotatable bonds is 5. The van der Waals surface area contributed by atoms with Crippen LogP contribution in [0.2, 0.25) is 0 Å². The molecule has 0 fully saturated rings. The van der Waals surface area contributed by atoms with Crippen molar-refractivity contribution in [2.24, 2.45) is 0 Å². The lowest BCUT2D eigenvalue weighted by atomic mass is 10.3. The summed E-state index contributed by atoms with van der Waals surface area (Å²) in [6.45, 7) is -0.134. The molecule has 1 aromatic carbocycles. The molecule has 0 aliphatic rings. The quantitative estimate of drug-likeness (QED) is 0.866. The largest absolute Gasteiger partial charge is 0.484 e. The molecule has 6 nitrogen and oxygen atoms in total. The summed E-state index contributed by atoms with van der Waals surface area (Å²) >= 11 is 0. The first-order chi connectivity index (χ1) is 9.65. The number of aromatic carboxylic acids is 1. The van der Waals surface area contributed by atoms with Gasteiger partial charge in [0.2, 0.25) is 0 Å². The minimum absolute atomic E-state index is 0.0801. The molecule has 0 unspecified atom stereocenters. The molecule has 1 amide bonds. The Balaban J connectivity index is 1.86. The molecular weight excluding hydrogens is 260 g/mol. The van der Waals surface area contributed by atoms with Crippen molar-refractivity contribution in [2.45, 2.75) is 0 Å². The van der Waals surface area contributed by atoms with Crippen LogP contribution < -0.4 is 10.1 Å². The minimum atomic E-state index is -1.12. The Labute approximate surface area is 115 Å². The zero-order chi connectivity index (χ0) is 14.4. The molecule has 0 saturated heterocycles. The molecular formula is C14H12N2O4. The standard InChI is InChI=1S/C14H12N2O4/c17-13(9-20-11-4-2-1-3-5-11)16-10-6-7-12(14(18)19)15-8-10/h1-8H,9H2,(H,16,17)(H,18,19). The fourth-order valence-electron chi connectivity index (χ4n) is 1.46. The molecule has 0 saturated carbocycles. The van der Waals surface area contributed by atoms with Gasteiger partial charge in [-0.25, -0.2) is 9.78 Å². The van der Waals surface area contributed by atoms with Crippen molar-refractivity contribution in [3.63, 3.8) is 0 Å². The van der Waals surface area contributed by atoms with Crippen molar-refractivity contribution in [1.82, 2.24) is 4.98 Å². The first-order valence-electron chi connectivity index (χ1n) is 5.82. The van der Waals surface area contributed by atoms with Gasteiger partial charge in [0.15, 0.2) is 6.61 Å². The maximum atomic E-state index is 11.6. The smallest absolute Gasteiger partial charge is 0.354 e. The molecule has 0 aliphatic heterocycles. The highest BCUT2D eigenvalue weighted by Gasteiger charge is 2.06. The van der Waals surface area contributed by atoms with Gasteiger partial charge in [-0.05, 0) is 24.3 Å². The number of carboxylic acid groups (broad SMARTS) is 1. The second kappa shape index (κ2) is 6.33. The molecule has 2 N–H and O–H groups in total. The van der Waals surface area contributed by atoms with Crippen LogP contribution in [0.5, 0.6) is 5.75 Å². The predicted octanol–water partition coefficient (Wildman–Crippen LogP) is 1.80. The van der Waals surface area contributed by atoms with E-state index in [1.165, 1.54) is 18.3 Å². The van der Waals surface area contributed by atoms with E-state index in [4.69, 9.17) is 9.84 Å². The molecule has 6 heteroatoms. The molecule has 2 aromatic rings. The summed E-state index contributed by atoms with van der Waals surface area (Å²) in [7, 11) is 0. The number of amides is 1. The van der Waals surface area contributed by atoms with Crippen LogP contribution in [0, 0.1) is 0 Å². The van der Waals surface area contributed by atoms with Gasteiger partial charge in [0.05, 0.1) is 11.9 Å². The maximum absolute atomic E-state index is 11.6. The average Bonchev–Trinajstić information content (AvgIpc) is 2.47. The van der Waals surface area contributed by atoms with Gasteiger partial charge in [-0.2, -0.15) is 0 Å². The van der Waals surface area contributed by atoms with Gasteiger partial charge in [-0.1, -0.05) is 18.2 Å². The topological polar surface area (TPSA) is 88.5 Å². The third kappa shape index (κ3) is 3.81. The SMILES string of the molecule is O=C(COc1ccccc1)Nc1ccc(C(=O)O)nc1. The van der Waals surface area contributed by atoms with Crippen LogP contribution in [0.15, 0.2) is 48.7 Å². The number of carbonyl (C=O) groups excluding carboxylic acids is 1. The number of anilines is 1. The lowest BCUT2D eigenvalue weighted by Crippen LogP contribution is -2.20. The van der Waals surface area contributed by atoms with Gasteiger partial charge >= 0.3 is 5.97 Å². The predicted molar refractivity (Wildman–Crippen MR) is 71.8 cm³/mol. The van der Waals surface area contributed by atoms with Gasteiger partial charge in [0.1, 0.15) is 11.4 Å². The molecule has 1 aromatic heterocycles. The van der Waals surface area contributed by atoms with E-state index in [0.29, 0.717) is 11.4 Å². The first-order valence-corrected chi connectivity index (χ1v) is 5.82. The zero-order valence-corrected chi connectivity index (χ0v) is 10.4. The number of nitrogens with zero attached hydrogens (tertiary/aromatic N) is 1. The minimum Gasteiger partial charge on any atom is -0.484 e. The molecule has 2 rings (SSSR count). The lowest BCUT2D eigenvalue weighted by molar-refractivity contribution is -0.118. The van der Waals surface area contributed by atoms with Crippen molar-refractivity contribution in [3.05, 3.63) is 54.4 Å². The highest BCUT2D eigenvalue weighted by molar-refractivity contribution is 5.92. The van der Waals surface area contributed by atoms with Crippen molar-refractivity contribution in [2.75, 3.05) is 11.9 Å². The average molecular weight is 272 g/mol. The monoisotopic (exact) mass is 272 g/mol.